The van der Waals surface area contributed by atoms with Gasteiger partial charge in [0.15, 0.2) is 4.34 Å². The van der Waals surface area contributed by atoms with Crippen molar-refractivity contribution in [2.75, 3.05) is 18.4 Å². The van der Waals surface area contributed by atoms with Crippen LogP contribution in [0.4, 0.5) is 5.69 Å². The Labute approximate surface area is 264 Å². The van der Waals surface area contributed by atoms with E-state index in [4.69, 9.17) is 28.2 Å². The molecule has 2 heterocycles. The number of hydrogen-bond acceptors (Lipinski definition) is 6. The van der Waals surface area contributed by atoms with Gasteiger partial charge in [-0.2, -0.15) is 0 Å². The third kappa shape index (κ3) is 8.25. The van der Waals surface area contributed by atoms with E-state index in [0.29, 0.717) is 21.3 Å². The number of thiazole rings is 1. The van der Waals surface area contributed by atoms with Crippen LogP contribution in [0.5, 0.6) is 0 Å². The second-order valence-corrected chi connectivity index (χ2v) is 12.5. The lowest BCUT2D eigenvalue weighted by molar-refractivity contribution is -0.125. The number of amides is 2. The highest BCUT2D eigenvalue weighted by Gasteiger charge is 2.28. The molecule has 1 aliphatic heterocycles. The van der Waals surface area contributed by atoms with Crippen molar-refractivity contribution in [1.82, 2.24) is 14.2 Å². The summed E-state index contributed by atoms with van der Waals surface area (Å²) in [4.78, 5) is 32.4. The number of nitrogens with zero attached hydrogens (tertiary/aromatic N) is 3. The van der Waals surface area contributed by atoms with Crippen LogP contribution in [0.25, 0.3) is 11.3 Å². The average molecular weight is 648 g/mol. The number of carbonyl (C=O) groups is 2. The predicted octanol–water partition coefficient (Wildman–Crippen LogP) is 8.31. The lowest BCUT2D eigenvalue weighted by Gasteiger charge is -2.37. The number of rotatable bonds is 8. The van der Waals surface area contributed by atoms with Crippen LogP contribution in [0.3, 0.4) is 0 Å². The predicted molar refractivity (Wildman–Crippen MR) is 172 cm³/mol. The molecule has 214 valence electrons. The lowest BCUT2D eigenvalue weighted by Crippen LogP contribution is -2.43. The summed E-state index contributed by atoms with van der Waals surface area (Å²) < 4.78 is 2.68. The van der Waals surface area contributed by atoms with Gasteiger partial charge in [0.05, 0.1) is 15.7 Å². The van der Waals surface area contributed by atoms with E-state index in [0.717, 1.165) is 53.6 Å². The first-order chi connectivity index (χ1) is 19.4. The van der Waals surface area contributed by atoms with Crippen LogP contribution in [0, 0.1) is 0 Å². The molecule has 0 unspecified atom stereocenters. The van der Waals surface area contributed by atoms with Crippen molar-refractivity contribution in [1.29, 1.82) is 0 Å². The van der Waals surface area contributed by atoms with Crippen LogP contribution in [-0.4, -0.2) is 45.1 Å². The van der Waals surface area contributed by atoms with Crippen LogP contribution in [0.2, 0.25) is 10.0 Å². The zero-order valence-corrected chi connectivity index (χ0v) is 26.2. The fourth-order valence-corrected chi connectivity index (χ4v) is 6.90. The van der Waals surface area contributed by atoms with Gasteiger partial charge < -0.3 is 5.32 Å². The maximum absolute atomic E-state index is 12.6. The Morgan fingerprint density at radius 1 is 1.02 bits per heavy atom. The van der Waals surface area contributed by atoms with E-state index in [-0.39, 0.29) is 30.3 Å². The molecule has 0 atom stereocenters. The van der Waals surface area contributed by atoms with E-state index in [1.807, 2.05) is 70.3 Å². The van der Waals surface area contributed by atoms with Gasteiger partial charge in [0.25, 0.3) is 5.91 Å². The van der Waals surface area contributed by atoms with E-state index in [2.05, 4.69) is 10.2 Å². The first-order valence-corrected chi connectivity index (χ1v) is 15.3. The summed E-state index contributed by atoms with van der Waals surface area (Å²) in [5, 5.41) is 6.07. The van der Waals surface area contributed by atoms with E-state index in [1.54, 1.807) is 19.1 Å². The summed E-state index contributed by atoms with van der Waals surface area (Å²) in [5.41, 5.74) is 4.14. The molecule has 0 radical (unpaired) electrons. The number of anilines is 1. The number of halogens is 3. The van der Waals surface area contributed by atoms with E-state index >= 15 is 0 Å². The quantitative estimate of drug-likeness (QED) is 0.195. The molecule has 0 aliphatic carbocycles. The van der Waals surface area contributed by atoms with E-state index in [1.165, 1.54) is 23.3 Å². The van der Waals surface area contributed by atoms with Gasteiger partial charge >= 0.3 is 0 Å². The number of nitrogens with one attached hydrogen (secondary N) is 1. The highest BCUT2D eigenvalue weighted by molar-refractivity contribution is 7.99. The molecule has 1 N–H and O–H groups in total. The molecule has 3 aromatic carbocycles. The zero-order valence-electron chi connectivity index (χ0n) is 22.3. The average Bonchev–Trinajstić information content (AvgIpc) is 3.44. The van der Waals surface area contributed by atoms with Gasteiger partial charge in [-0.1, -0.05) is 59.6 Å². The first kappa shape index (κ1) is 31.3. The molecule has 1 saturated heterocycles. The Morgan fingerprint density at radius 2 is 1.78 bits per heavy atom. The Kier molecular flexibility index (Phi) is 11.1. The number of hydrogen-bond donors (Lipinski definition) is 1. The van der Waals surface area contributed by atoms with Gasteiger partial charge in [0.1, 0.15) is 0 Å². The highest BCUT2D eigenvalue weighted by Crippen LogP contribution is 2.35. The minimum Gasteiger partial charge on any atom is -0.322 e. The highest BCUT2D eigenvalue weighted by atomic mass is 35.5. The van der Waals surface area contributed by atoms with Crippen molar-refractivity contribution < 1.29 is 9.59 Å². The van der Waals surface area contributed by atoms with Crippen molar-refractivity contribution in [3.05, 3.63) is 99.3 Å². The summed E-state index contributed by atoms with van der Waals surface area (Å²) in [6.07, 6.45) is 1.77. The van der Waals surface area contributed by atoms with Crippen molar-refractivity contribution in [2.45, 2.75) is 36.7 Å². The molecule has 1 fully saturated rings. The molecular weight excluding hydrogens is 619 g/mol. The third-order valence-electron chi connectivity index (χ3n) is 6.70. The number of benzene rings is 3. The third-order valence-corrected chi connectivity index (χ3v) is 9.59. The SMILES string of the molecule is CC(=O)N(Sc1nc(-c2cccc(NC(=O)c3ccccc3)c2)cs1)C1CCN(Cc2ccc(Cl)c(Cl)c2)CC1.Cl. The van der Waals surface area contributed by atoms with Crippen LogP contribution in [0.15, 0.2) is 82.5 Å². The van der Waals surface area contributed by atoms with Crippen molar-refractivity contribution >= 4 is 76.4 Å². The number of likely N-dealkylation sites (tertiary alicyclic amines) is 1. The summed E-state index contributed by atoms with van der Waals surface area (Å²) in [6, 6.07) is 22.6. The fourth-order valence-electron chi connectivity index (χ4n) is 4.67. The number of piperidine rings is 1. The van der Waals surface area contributed by atoms with Crippen molar-refractivity contribution in [3.63, 3.8) is 0 Å². The molecule has 2 amide bonds. The van der Waals surface area contributed by atoms with Gasteiger partial charge in [-0.25, -0.2) is 4.98 Å². The van der Waals surface area contributed by atoms with Gasteiger partial charge in [0.2, 0.25) is 5.91 Å². The standard InChI is InChI=1S/C30H28Cl2N4O2S2.ClH/c1-20(37)36(25-12-14-35(15-13-25)18-21-10-11-26(31)27(32)16-21)40-30-34-28(19-39-30)23-8-5-9-24(17-23)33-29(38)22-6-3-2-4-7-22;/h2-11,16-17,19,25H,12-15,18H2,1H3,(H,33,38);1H. The normalized spacial score (nSPS) is 13.8. The Balaban J connectivity index is 0.00000387. The van der Waals surface area contributed by atoms with Crippen LogP contribution < -0.4 is 5.32 Å². The van der Waals surface area contributed by atoms with Crippen LogP contribution in [-0.2, 0) is 11.3 Å². The Morgan fingerprint density at radius 3 is 2.49 bits per heavy atom. The van der Waals surface area contributed by atoms with Gasteiger partial charge in [-0.3, -0.25) is 18.8 Å². The summed E-state index contributed by atoms with van der Waals surface area (Å²) in [5.74, 6) is -0.136. The molecule has 1 aliphatic rings. The zero-order chi connectivity index (χ0) is 28.1. The van der Waals surface area contributed by atoms with Gasteiger partial charge in [0, 0.05) is 66.7 Å². The van der Waals surface area contributed by atoms with Gasteiger partial charge in [-0.05, 0) is 54.8 Å². The van der Waals surface area contributed by atoms with Crippen LogP contribution >= 0.6 is 58.9 Å². The van der Waals surface area contributed by atoms with Crippen molar-refractivity contribution in [2.24, 2.45) is 0 Å². The summed E-state index contributed by atoms with van der Waals surface area (Å²) in [7, 11) is 0. The fraction of sp³-hybridized carbons (Fsp3) is 0.233. The molecular formula is C30H29Cl3N4O2S2. The molecule has 1 aromatic heterocycles. The monoisotopic (exact) mass is 646 g/mol. The Hall–Kier alpha value is -2.59. The largest absolute Gasteiger partial charge is 0.322 e. The second kappa shape index (κ2) is 14.5. The molecule has 0 saturated carbocycles. The van der Waals surface area contributed by atoms with Gasteiger partial charge in [-0.15, -0.1) is 23.7 Å². The minimum absolute atomic E-state index is 0. The van der Waals surface area contributed by atoms with E-state index in [9.17, 15) is 9.59 Å². The molecule has 0 spiro atoms. The Bertz CT molecular complexity index is 1490. The topological polar surface area (TPSA) is 65.5 Å². The lowest BCUT2D eigenvalue weighted by atomic mass is 10.0. The number of carbonyl (C=O) groups excluding carboxylic acids is 2. The molecule has 6 nitrogen and oxygen atoms in total. The summed E-state index contributed by atoms with van der Waals surface area (Å²) in [6.45, 7) is 4.19. The number of aromatic nitrogens is 1. The molecule has 5 rings (SSSR count). The molecule has 41 heavy (non-hydrogen) atoms. The van der Waals surface area contributed by atoms with Crippen LogP contribution in [0.1, 0.15) is 35.7 Å². The van der Waals surface area contributed by atoms with E-state index < -0.39 is 0 Å². The molecule has 0 bridgehead atoms. The van der Waals surface area contributed by atoms with Crippen molar-refractivity contribution in [3.8, 4) is 11.3 Å². The maximum Gasteiger partial charge on any atom is 0.255 e. The minimum atomic E-state index is -0.160. The smallest absolute Gasteiger partial charge is 0.255 e. The first-order valence-electron chi connectivity index (χ1n) is 12.9. The summed E-state index contributed by atoms with van der Waals surface area (Å²) >= 11 is 15.2. The maximum atomic E-state index is 12.6. The molecule has 11 heteroatoms. The second-order valence-electron chi connectivity index (χ2n) is 9.59. The molecule has 4 aromatic rings.